The van der Waals surface area contributed by atoms with Gasteiger partial charge in [0, 0.05) is 23.9 Å². The number of hydrogen-bond acceptors (Lipinski definition) is 4. The Bertz CT molecular complexity index is 651. The minimum absolute atomic E-state index is 0.343. The number of rotatable bonds is 6. The highest BCUT2D eigenvalue weighted by atomic mass is 19.1. The molecule has 0 saturated carbocycles. The first-order valence-corrected chi connectivity index (χ1v) is 6.98. The Morgan fingerprint density at radius 1 is 1.00 bits per heavy atom. The highest BCUT2D eigenvalue weighted by Gasteiger charge is 2.16. The van der Waals surface area contributed by atoms with Crippen LogP contribution in [0.3, 0.4) is 0 Å². The summed E-state index contributed by atoms with van der Waals surface area (Å²) in [6.45, 7) is 1.61. The molecule has 1 N–H and O–H groups in total. The molecule has 0 unspecified atom stereocenters. The van der Waals surface area contributed by atoms with Gasteiger partial charge < -0.3 is 19.5 Å². The predicted molar refractivity (Wildman–Crippen MR) is 84.7 cm³/mol. The number of anilines is 1. The van der Waals surface area contributed by atoms with Crippen molar-refractivity contribution in [3.8, 4) is 17.2 Å². The minimum atomic E-state index is -0.752. The Balaban J connectivity index is 2.04. The number of ether oxygens (including phenoxy) is 3. The SMILES string of the molecule is COc1cc(NC(=O)[C@@H](C)Oc2ccc(F)cc2)cc(OC)c1. The van der Waals surface area contributed by atoms with Crippen LogP contribution in [0.25, 0.3) is 0 Å². The van der Waals surface area contributed by atoms with Crippen molar-refractivity contribution in [2.45, 2.75) is 13.0 Å². The van der Waals surface area contributed by atoms with Crippen LogP contribution in [0.1, 0.15) is 6.92 Å². The molecule has 0 aliphatic carbocycles. The highest BCUT2D eigenvalue weighted by molar-refractivity contribution is 5.94. The van der Waals surface area contributed by atoms with E-state index in [-0.39, 0.29) is 11.7 Å². The van der Waals surface area contributed by atoms with E-state index in [9.17, 15) is 9.18 Å². The lowest BCUT2D eigenvalue weighted by Crippen LogP contribution is -2.30. The van der Waals surface area contributed by atoms with E-state index in [1.54, 1.807) is 25.1 Å². The van der Waals surface area contributed by atoms with E-state index in [0.29, 0.717) is 22.9 Å². The molecular weight excluding hydrogens is 301 g/mol. The molecule has 6 heteroatoms. The maximum atomic E-state index is 12.9. The Labute approximate surface area is 134 Å². The second-order valence-corrected chi connectivity index (χ2v) is 4.80. The first-order chi connectivity index (χ1) is 11.0. The molecular formula is C17H18FNO4. The Hall–Kier alpha value is -2.76. The number of carbonyl (C=O) groups excluding carboxylic acids is 1. The lowest BCUT2D eigenvalue weighted by atomic mass is 10.2. The second kappa shape index (κ2) is 7.49. The van der Waals surface area contributed by atoms with Crippen molar-refractivity contribution in [1.82, 2.24) is 0 Å². The summed E-state index contributed by atoms with van der Waals surface area (Å²) in [5.41, 5.74) is 0.528. The lowest BCUT2D eigenvalue weighted by molar-refractivity contribution is -0.122. The zero-order chi connectivity index (χ0) is 16.8. The number of nitrogens with one attached hydrogen (secondary N) is 1. The van der Waals surface area contributed by atoms with Gasteiger partial charge in [0.1, 0.15) is 23.1 Å². The fourth-order valence-corrected chi connectivity index (χ4v) is 1.89. The van der Waals surface area contributed by atoms with Crippen LogP contribution in [0.15, 0.2) is 42.5 Å². The van der Waals surface area contributed by atoms with E-state index in [0.717, 1.165) is 0 Å². The normalized spacial score (nSPS) is 11.5. The highest BCUT2D eigenvalue weighted by Crippen LogP contribution is 2.26. The van der Waals surface area contributed by atoms with E-state index < -0.39 is 6.10 Å². The van der Waals surface area contributed by atoms with Crippen molar-refractivity contribution in [2.75, 3.05) is 19.5 Å². The van der Waals surface area contributed by atoms with E-state index in [2.05, 4.69) is 5.32 Å². The number of halogens is 1. The standard InChI is InChI=1S/C17H18FNO4/c1-11(23-14-6-4-12(18)5-7-14)17(20)19-13-8-15(21-2)10-16(9-13)22-3/h4-11H,1-3H3,(H,19,20)/t11-/m1/s1. The number of methoxy groups -OCH3 is 2. The summed E-state index contributed by atoms with van der Waals surface area (Å²) in [6, 6.07) is 10.5. The smallest absolute Gasteiger partial charge is 0.265 e. The van der Waals surface area contributed by atoms with E-state index in [1.165, 1.54) is 38.5 Å². The zero-order valence-electron chi connectivity index (χ0n) is 13.1. The number of hydrogen-bond donors (Lipinski definition) is 1. The Morgan fingerprint density at radius 2 is 1.57 bits per heavy atom. The Morgan fingerprint density at radius 3 is 2.09 bits per heavy atom. The molecule has 1 amide bonds. The first kappa shape index (κ1) is 16.6. The predicted octanol–water partition coefficient (Wildman–Crippen LogP) is 3.25. The molecule has 0 bridgehead atoms. The molecule has 0 radical (unpaired) electrons. The molecule has 0 heterocycles. The monoisotopic (exact) mass is 319 g/mol. The molecule has 0 fully saturated rings. The summed E-state index contributed by atoms with van der Waals surface area (Å²) in [6.07, 6.45) is -0.752. The van der Waals surface area contributed by atoms with Crippen LogP contribution in [-0.4, -0.2) is 26.2 Å². The van der Waals surface area contributed by atoms with Gasteiger partial charge >= 0.3 is 0 Å². The second-order valence-electron chi connectivity index (χ2n) is 4.80. The van der Waals surface area contributed by atoms with Crippen molar-refractivity contribution >= 4 is 11.6 Å². The fourth-order valence-electron chi connectivity index (χ4n) is 1.89. The van der Waals surface area contributed by atoms with Crippen LogP contribution in [0.5, 0.6) is 17.2 Å². The van der Waals surface area contributed by atoms with Crippen molar-refractivity contribution in [1.29, 1.82) is 0 Å². The summed E-state index contributed by atoms with van der Waals surface area (Å²) >= 11 is 0. The number of carbonyl (C=O) groups is 1. The summed E-state index contributed by atoms with van der Waals surface area (Å²) in [4.78, 5) is 12.2. The summed E-state index contributed by atoms with van der Waals surface area (Å²) < 4.78 is 28.6. The van der Waals surface area contributed by atoms with Gasteiger partial charge in [-0.3, -0.25) is 4.79 Å². The van der Waals surface area contributed by atoms with Crippen molar-refractivity contribution in [2.24, 2.45) is 0 Å². The summed E-state index contributed by atoms with van der Waals surface area (Å²) in [5, 5.41) is 2.72. The molecule has 0 spiro atoms. The van der Waals surface area contributed by atoms with Gasteiger partial charge in [0.25, 0.3) is 5.91 Å². The Kier molecular flexibility index (Phi) is 5.41. The maximum absolute atomic E-state index is 12.9. The molecule has 2 rings (SSSR count). The van der Waals surface area contributed by atoms with Gasteiger partial charge in [-0.2, -0.15) is 0 Å². The van der Waals surface area contributed by atoms with Crippen LogP contribution in [-0.2, 0) is 4.79 Å². The number of benzene rings is 2. The van der Waals surface area contributed by atoms with Gasteiger partial charge in [0.15, 0.2) is 6.10 Å². The third kappa shape index (κ3) is 4.60. The average Bonchev–Trinajstić information content (AvgIpc) is 2.56. The van der Waals surface area contributed by atoms with Crippen LogP contribution in [0, 0.1) is 5.82 Å². The molecule has 2 aromatic rings. The van der Waals surface area contributed by atoms with Crippen molar-refractivity contribution in [3.05, 3.63) is 48.3 Å². The molecule has 23 heavy (non-hydrogen) atoms. The molecule has 1 atom stereocenters. The third-order valence-corrected chi connectivity index (χ3v) is 3.11. The fraction of sp³-hybridized carbons (Fsp3) is 0.235. The quantitative estimate of drug-likeness (QED) is 0.888. The van der Waals surface area contributed by atoms with Crippen molar-refractivity contribution < 1.29 is 23.4 Å². The molecule has 0 aliphatic rings. The van der Waals surface area contributed by atoms with Crippen LogP contribution >= 0.6 is 0 Å². The first-order valence-electron chi connectivity index (χ1n) is 6.98. The zero-order valence-corrected chi connectivity index (χ0v) is 13.1. The van der Waals surface area contributed by atoms with E-state index in [4.69, 9.17) is 14.2 Å². The van der Waals surface area contributed by atoms with Gasteiger partial charge in [0.2, 0.25) is 0 Å². The third-order valence-electron chi connectivity index (χ3n) is 3.11. The number of amides is 1. The molecule has 122 valence electrons. The van der Waals surface area contributed by atoms with Crippen LogP contribution in [0.4, 0.5) is 10.1 Å². The average molecular weight is 319 g/mol. The van der Waals surface area contributed by atoms with Gasteiger partial charge in [-0.1, -0.05) is 0 Å². The molecule has 5 nitrogen and oxygen atoms in total. The molecule has 0 aromatic heterocycles. The van der Waals surface area contributed by atoms with E-state index in [1.807, 2.05) is 0 Å². The van der Waals surface area contributed by atoms with Gasteiger partial charge in [0.05, 0.1) is 14.2 Å². The topological polar surface area (TPSA) is 56.8 Å². The molecule has 0 aliphatic heterocycles. The molecule has 0 saturated heterocycles. The lowest BCUT2D eigenvalue weighted by Gasteiger charge is -2.15. The minimum Gasteiger partial charge on any atom is -0.497 e. The van der Waals surface area contributed by atoms with Gasteiger partial charge in [-0.05, 0) is 31.2 Å². The van der Waals surface area contributed by atoms with Gasteiger partial charge in [-0.15, -0.1) is 0 Å². The largest absolute Gasteiger partial charge is 0.497 e. The van der Waals surface area contributed by atoms with Crippen molar-refractivity contribution in [3.63, 3.8) is 0 Å². The maximum Gasteiger partial charge on any atom is 0.265 e. The van der Waals surface area contributed by atoms with Crippen LogP contribution < -0.4 is 19.5 Å². The van der Waals surface area contributed by atoms with E-state index >= 15 is 0 Å². The summed E-state index contributed by atoms with van der Waals surface area (Å²) in [7, 11) is 3.06. The summed E-state index contributed by atoms with van der Waals surface area (Å²) in [5.74, 6) is 0.832. The van der Waals surface area contributed by atoms with Gasteiger partial charge in [-0.25, -0.2) is 4.39 Å². The molecule has 2 aromatic carbocycles. The van der Waals surface area contributed by atoms with Crippen LogP contribution in [0.2, 0.25) is 0 Å².